The number of carbonyl (C=O) groups is 1. The van der Waals surface area contributed by atoms with Gasteiger partial charge in [-0.15, -0.1) is 0 Å². The van der Waals surface area contributed by atoms with Gasteiger partial charge in [-0.1, -0.05) is 12.1 Å². The van der Waals surface area contributed by atoms with Crippen LogP contribution in [0.15, 0.2) is 42.5 Å². The highest BCUT2D eigenvalue weighted by molar-refractivity contribution is 5.89. The van der Waals surface area contributed by atoms with E-state index in [2.05, 4.69) is 0 Å². The maximum atomic E-state index is 13.5. The molecule has 1 amide bonds. The average Bonchev–Trinajstić information content (AvgIpc) is 3.19. The van der Waals surface area contributed by atoms with E-state index in [1.54, 1.807) is 6.92 Å². The minimum absolute atomic E-state index is 0.0494. The molecule has 0 aromatic heterocycles. The molecular formula is C24H23F7N2O2. The van der Waals surface area contributed by atoms with Crippen LogP contribution in [-0.4, -0.2) is 35.0 Å². The number of rotatable bonds is 4. The number of nitrogens with zero attached hydrogens (tertiary/aromatic N) is 1. The van der Waals surface area contributed by atoms with E-state index in [0.717, 1.165) is 0 Å². The molecule has 2 aromatic carbocycles. The fourth-order valence-corrected chi connectivity index (χ4v) is 5.01. The minimum Gasteiger partial charge on any atom is -0.368 e. The van der Waals surface area contributed by atoms with Crippen LogP contribution < -0.4 is 5.73 Å². The summed E-state index contributed by atoms with van der Waals surface area (Å²) in [7, 11) is 0. The SMILES string of the molecule is C[C@@H](O[C@H]1CN2C(=O)[C@@](C)(N)C[C@H]2C1c1ccc(F)cc1)c1cc(C(F)(F)F)cc(C(F)(F)F)c1. The van der Waals surface area contributed by atoms with Crippen LogP contribution in [-0.2, 0) is 21.9 Å². The summed E-state index contributed by atoms with van der Waals surface area (Å²) in [5, 5.41) is 0. The predicted octanol–water partition coefficient (Wildman–Crippen LogP) is 5.43. The van der Waals surface area contributed by atoms with Gasteiger partial charge < -0.3 is 15.4 Å². The van der Waals surface area contributed by atoms with E-state index in [1.807, 2.05) is 0 Å². The van der Waals surface area contributed by atoms with Crippen molar-refractivity contribution in [2.24, 2.45) is 5.73 Å². The number of benzene rings is 2. The third-order valence-electron chi connectivity index (χ3n) is 6.69. The zero-order valence-electron chi connectivity index (χ0n) is 18.8. The second-order valence-electron chi connectivity index (χ2n) is 9.38. The molecule has 2 aromatic rings. The van der Waals surface area contributed by atoms with Gasteiger partial charge >= 0.3 is 12.4 Å². The monoisotopic (exact) mass is 504 g/mol. The Balaban J connectivity index is 1.68. The molecule has 35 heavy (non-hydrogen) atoms. The van der Waals surface area contributed by atoms with Crippen molar-refractivity contribution in [3.63, 3.8) is 0 Å². The lowest BCUT2D eigenvalue weighted by Gasteiger charge is -2.28. The van der Waals surface area contributed by atoms with Crippen molar-refractivity contribution in [2.75, 3.05) is 6.54 Å². The van der Waals surface area contributed by atoms with Crippen molar-refractivity contribution in [3.8, 4) is 0 Å². The van der Waals surface area contributed by atoms with Crippen molar-refractivity contribution in [3.05, 3.63) is 70.5 Å². The Morgan fingerprint density at radius 2 is 1.57 bits per heavy atom. The van der Waals surface area contributed by atoms with Crippen molar-refractivity contribution < 1.29 is 40.3 Å². The molecule has 190 valence electrons. The Labute approximate surface area is 196 Å². The Hall–Kier alpha value is -2.66. The van der Waals surface area contributed by atoms with E-state index in [4.69, 9.17) is 10.5 Å². The number of hydrogen-bond donors (Lipinski definition) is 1. The van der Waals surface area contributed by atoms with E-state index in [9.17, 15) is 35.5 Å². The van der Waals surface area contributed by atoms with E-state index >= 15 is 0 Å². The molecule has 1 unspecified atom stereocenters. The third kappa shape index (κ3) is 4.88. The molecular weight excluding hydrogens is 481 g/mol. The third-order valence-corrected chi connectivity index (χ3v) is 6.69. The highest BCUT2D eigenvalue weighted by Gasteiger charge is 2.56. The van der Waals surface area contributed by atoms with E-state index in [1.165, 1.54) is 36.1 Å². The predicted molar refractivity (Wildman–Crippen MR) is 112 cm³/mol. The first-order valence-electron chi connectivity index (χ1n) is 10.9. The molecule has 2 heterocycles. The summed E-state index contributed by atoms with van der Waals surface area (Å²) in [5.74, 6) is -1.31. The number of fused-ring (bicyclic) bond motifs is 1. The molecule has 5 atom stereocenters. The largest absolute Gasteiger partial charge is 0.416 e. The van der Waals surface area contributed by atoms with Crippen LogP contribution in [0.25, 0.3) is 0 Å². The van der Waals surface area contributed by atoms with Gasteiger partial charge in [0.15, 0.2) is 0 Å². The lowest BCUT2D eigenvalue weighted by atomic mass is 9.85. The molecule has 0 saturated carbocycles. The molecule has 0 aliphatic carbocycles. The fourth-order valence-electron chi connectivity index (χ4n) is 5.01. The van der Waals surface area contributed by atoms with Gasteiger partial charge in [-0.25, -0.2) is 4.39 Å². The maximum absolute atomic E-state index is 13.5. The van der Waals surface area contributed by atoms with Gasteiger partial charge in [0.25, 0.3) is 0 Å². The van der Waals surface area contributed by atoms with E-state index < -0.39 is 59.0 Å². The molecule has 2 aliphatic rings. The van der Waals surface area contributed by atoms with Gasteiger partial charge in [0.05, 0.1) is 28.9 Å². The van der Waals surface area contributed by atoms with Gasteiger partial charge in [-0.05, 0) is 61.7 Å². The standard InChI is InChI=1S/C24H23F7N2O2/c1-12(14-7-15(23(26,27)28)9-16(8-14)24(29,30)31)35-19-11-33-18(10-22(2,32)21(33)34)20(19)13-3-5-17(25)6-4-13/h3-9,12,18-20H,10-11,32H2,1-2H3/t12-,18+,19+,20?,22+/m1/s1. The number of nitrogens with two attached hydrogens (primary N) is 1. The first-order chi connectivity index (χ1) is 16.1. The van der Waals surface area contributed by atoms with Crippen LogP contribution >= 0.6 is 0 Å². The number of hydrogen-bond acceptors (Lipinski definition) is 3. The Kier molecular flexibility index (Phi) is 6.16. The second-order valence-corrected chi connectivity index (χ2v) is 9.38. The van der Waals surface area contributed by atoms with Gasteiger partial charge in [0, 0.05) is 18.5 Å². The topological polar surface area (TPSA) is 55.6 Å². The zero-order chi connectivity index (χ0) is 25.9. The van der Waals surface area contributed by atoms with Crippen LogP contribution in [0.1, 0.15) is 54.5 Å². The molecule has 0 bridgehead atoms. The second kappa shape index (κ2) is 8.48. The van der Waals surface area contributed by atoms with Crippen LogP contribution in [0.3, 0.4) is 0 Å². The molecule has 0 spiro atoms. The normalized spacial score (nSPS) is 27.9. The summed E-state index contributed by atoms with van der Waals surface area (Å²) >= 11 is 0. The van der Waals surface area contributed by atoms with E-state index in [0.29, 0.717) is 17.7 Å². The molecule has 2 fully saturated rings. The molecule has 2 saturated heterocycles. The summed E-state index contributed by atoms with van der Waals surface area (Å²) in [4.78, 5) is 14.3. The van der Waals surface area contributed by atoms with Gasteiger partial charge in [-0.2, -0.15) is 26.3 Å². The summed E-state index contributed by atoms with van der Waals surface area (Å²) < 4.78 is 99.3. The van der Waals surface area contributed by atoms with Gasteiger partial charge in [0.2, 0.25) is 5.91 Å². The molecule has 0 radical (unpaired) electrons. The zero-order valence-corrected chi connectivity index (χ0v) is 18.8. The lowest BCUT2D eigenvalue weighted by Crippen LogP contribution is -2.46. The number of halogens is 7. The minimum atomic E-state index is -4.99. The van der Waals surface area contributed by atoms with Gasteiger partial charge in [0.1, 0.15) is 5.82 Å². The number of amides is 1. The molecule has 4 nitrogen and oxygen atoms in total. The summed E-state index contributed by atoms with van der Waals surface area (Å²) in [6.45, 7) is 3.00. The van der Waals surface area contributed by atoms with Crippen molar-refractivity contribution in [2.45, 2.75) is 62.3 Å². The Morgan fingerprint density at radius 3 is 2.09 bits per heavy atom. The number of carbonyl (C=O) groups excluding carboxylic acids is 1. The molecule has 4 rings (SSSR count). The Morgan fingerprint density at radius 1 is 1.03 bits per heavy atom. The quantitative estimate of drug-likeness (QED) is 0.566. The summed E-state index contributed by atoms with van der Waals surface area (Å²) in [5.41, 5.74) is 2.46. The highest BCUT2D eigenvalue weighted by atomic mass is 19.4. The molecule has 11 heteroatoms. The first kappa shape index (κ1) is 25.4. The molecule has 2 aliphatic heterocycles. The number of alkyl halides is 6. The fraction of sp³-hybridized carbons (Fsp3) is 0.458. The van der Waals surface area contributed by atoms with Crippen LogP contribution in [0, 0.1) is 5.82 Å². The van der Waals surface area contributed by atoms with Gasteiger partial charge in [-0.3, -0.25) is 4.79 Å². The Bertz CT molecular complexity index is 1080. The maximum Gasteiger partial charge on any atom is 0.416 e. The van der Waals surface area contributed by atoms with Crippen LogP contribution in [0.4, 0.5) is 30.7 Å². The number of ether oxygens (including phenoxy) is 1. The van der Waals surface area contributed by atoms with Crippen LogP contribution in [0.5, 0.6) is 0 Å². The summed E-state index contributed by atoms with van der Waals surface area (Å²) in [6.07, 6.45) is -11.6. The van der Waals surface area contributed by atoms with Crippen LogP contribution in [0.2, 0.25) is 0 Å². The smallest absolute Gasteiger partial charge is 0.368 e. The highest BCUT2D eigenvalue weighted by Crippen LogP contribution is 2.46. The van der Waals surface area contributed by atoms with Crippen molar-refractivity contribution in [1.82, 2.24) is 4.90 Å². The first-order valence-corrected chi connectivity index (χ1v) is 10.9. The summed E-state index contributed by atoms with van der Waals surface area (Å²) in [6, 6.07) is 6.42. The lowest BCUT2D eigenvalue weighted by molar-refractivity contribution is -0.143. The van der Waals surface area contributed by atoms with E-state index in [-0.39, 0.29) is 30.5 Å². The molecule has 2 N–H and O–H groups in total. The van der Waals surface area contributed by atoms with Crippen molar-refractivity contribution in [1.29, 1.82) is 0 Å². The average molecular weight is 504 g/mol. The van der Waals surface area contributed by atoms with Crippen molar-refractivity contribution >= 4 is 5.91 Å².